The lowest BCUT2D eigenvalue weighted by atomic mass is 10.0. The third-order valence-corrected chi connectivity index (χ3v) is 3.97. The first kappa shape index (κ1) is 11.5. The normalized spacial score (nSPS) is 15.1. The Bertz CT molecular complexity index is 724. The summed E-state index contributed by atoms with van der Waals surface area (Å²) in [4.78, 5) is 6.97. The lowest BCUT2D eigenvalue weighted by Gasteiger charge is -2.16. The number of rotatable bonds is 2. The molecule has 0 unspecified atom stereocenters. The number of nitrogens with one attached hydrogen (secondary N) is 1. The molecule has 1 aliphatic rings. The summed E-state index contributed by atoms with van der Waals surface area (Å²) in [5.74, 6) is 1.09. The minimum absolute atomic E-state index is 1.06. The molecule has 1 N–H and O–H groups in total. The van der Waals surface area contributed by atoms with Crippen LogP contribution in [0.5, 0.6) is 0 Å². The van der Waals surface area contributed by atoms with Gasteiger partial charge >= 0.3 is 0 Å². The third kappa shape index (κ3) is 1.84. The van der Waals surface area contributed by atoms with Gasteiger partial charge in [0.05, 0.1) is 11.7 Å². The number of hydrogen-bond donors (Lipinski definition) is 1. The van der Waals surface area contributed by atoms with E-state index in [1.54, 1.807) is 0 Å². The minimum Gasteiger partial charge on any atom is -0.357 e. The van der Waals surface area contributed by atoms with Crippen LogP contribution in [-0.4, -0.2) is 28.3 Å². The molecule has 1 aliphatic heterocycles. The molecular formula is C16H16N4. The second kappa shape index (κ2) is 4.63. The van der Waals surface area contributed by atoms with Gasteiger partial charge in [-0.15, -0.1) is 0 Å². The van der Waals surface area contributed by atoms with Crippen LogP contribution in [-0.2, 0) is 0 Å². The molecule has 0 saturated carbocycles. The zero-order valence-corrected chi connectivity index (χ0v) is 11.2. The van der Waals surface area contributed by atoms with Gasteiger partial charge in [-0.2, -0.15) is 5.10 Å². The summed E-state index contributed by atoms with van der Waals surface area (Å²) in [6.07, 6.45) is 6.39. The van der Waals surface area contributed by atoms with Crippen molar-refractivity contribution in [3.63, 3.8) is 0 Å². The van der Waals surface area contributed by atoms with Crippen LogP contribution in [0, 0.1) is 0 Å². The van der Waals surface area contributed by atoms with Crippen LogP contribution < -0.4 is 4.90 Å². The van der Waals surface area contributed by atoms with Crippen LogP contribution in [0.3, 0.4) is 0 Å². The zero-order chi connectivity index (χ0) is 13.4. The van der Waals surface area contributed by atoms with Crippen molar-refractivity contribution in [2.75, 3.05) is 18.0 Å². The lowest BCUT2D eigenvalue weighted by molar-refractivity contribution is 0.938. The summed E-state index contributed by atoms with van der Waals surface area (Å²) in [6.45, 7) is 2.26. The van der Waals surface area contributed by atoms with Crippen molar-refractivity contribution in [2.24, 2.45) is 0 Å². The molecule has 20 heavy (non-hydrogen) atoms. The number of nitrogens with zero attached hydrogens (tertiary/aromatic N) is 3. The third-order valence-electron chi connectivity index (χ3n) is 3.97. The van der Waals surface area contributed by atoms with Crippen molar-refractivity contribution >= 4 is 16.7 Å². The predicted octanol–water partition coefficient (Wildman–Crippen LogP) is 3.23. The fraction of sp³-hybridized carbons (Fsp3) is 0.250. The highest BCUT2D eigenvalue weighted by atomic mass is 15.2. The largest absolute Gasteiger partial charge is 0.357 e. The van der Waals surface area contributed by atoms with Gasteiger partial charge in [-0.1, -0.05) is 12.1 Å². The van der Waals surface area contributed by atoms with E-state index in [0.717, 1.165) is 35.4 Å². The number of benzene rings is 1. The van der Waals surface area contributed by atoms with Crippen LogP contribution in [0.1, 0.15) is 12.8 Å². The number of H-pyrrole nitrogens is 1. The van der Waals surface area contributed by atoms with Crippen LogP contribution in [0.2, 0.25) is 0 Å². The van der Waals surface area contributed by atoms with E-state index in [9.17, 15) is 0 Å². The molecule has 1 saturated heterocycles. The molecule has 0 aliphatic carbocycles. The van der Waals surface area contributed by atoms with E-state index in [-0.39, 0.29) is 0 Å². The fourth-order valence-corrected chi connectivity index (χ4v) is 2.90. The maximum atomic E-state index is 4.62. The Balaban J connectivity index is 1.73. The maximum Gasteiger partial charge on any atom is 0.128 e. The number of aromatic amines is 1. The van der Waals surface area contributed by atoms with E-state index in [2.05, 4.69) is 38.3 Å². The van der Waals surface area contributed by atoms with Crippen molar-refractivity contribution in [1.29, 1.82) is 0 Å². The van der Waals surface area contributed by atoms with Gasteiger partial charge in [0.15, 0.2) is 0 Å². The molecule has 3 aromatic rings. The van der Waals surface area contributed by atoms with Gasteiger partial charge in [-0.25, -0.2) is 4.98 Å². The van der Waals surface area contributed by atoms with Crippen LogP contribution in [0.4, 0.5) is 5.82 Å². The smallest absolute Gasteiger partial charge is 0.128 e. The van der Waals surface area contributed by atoms with Crippen molar-refractivity contribution in [3.8, 4) is 11.1 Å². The number of fused-ring (bicyclic) bond motifs is 1. The summed E-state index contributed by atoms with van der Waals surface area (Å²) >= 11 is 0. The second-order valence-electron chi connectivity index (χ2n) is 5.24. The average molecular weight is 264 g/mol. The molecule has 1 fully saturated rings. The molecule has 4 heteroatoms. The molecule has 0 spiro atoms. The second-order valence-corrected chi connectivity index (χ2v) is 5.24. The predicted molar refractivity (Wildman–Crippen MR) is 80.8 cm³/mol. The van der Waals surface area contributed by atoms with Crippen molar-refractivity contribution in [2.45, 2.75) is 12.8 Å². The Morgan fingerprint density at radius 3 is 2.70 bits per heavy atom. The first-order valence-corrected chi connectivity index (χ1v) is 7.05. The molecule has 0 atom stereocenters. The first-order valence-electron chi connectivity index (χ1n) is 7.05. The zero-order valence-electron chi connectivity index (χ0n) is 11.2. The van der Waals surface area contributed by atoms with Gasteiger partial charge in [0, 0.05) is 30.2 Å². The number of pyridine rings is 1. The SMILES string of the molecule is c1cc(-c2ccc(N3CCCC3)nc2)c2cn[nH]c2c1. The molecule has 4 nitrogen and oxygen atoms in total. The van der Waals surface area contributed by atoms with Crippen LogP contribution >= 0.6 is 0 Å². The number of aromatic nitrogens is 3. The van der Waals surface area contributed by atoms with Gasteiger partial charge in [-0.05, 0) is 36.6 Å². The quantitative estimate of drug-likeness (QED) is 0.773. The molecule has 4 rings (SSSR count). The number of hydrogen-bond acceptors (Lipinski definition) is 3. The van der Waals surface area contributed by atoms with E-state index in [1.165, 1.54) is 18.4 Å². The molecule has 1 aromatic carbocycles. The van der Waals surface area contributed by atoms with E-state index in [0.29, 0.717) is 0 Å². The summed E-state index contributed by atoms with van der Waals surface area (Å²) in [7, 11) is 0. The van der Waals surface area contributed by atoms with Gasteiger partial charge in [0.2, 0.25) is 0 Å². The lowest BCUT2D eigenvalue weighted by Crippen LogP contribution is -2.18. The van der Waals surface area contributed by atoms with Crippen molar-refractivity contribution in [3.05, 3.63) is 42.7 Å². The summed E-state index contributed by atoms with van der Waals surface area (Å²) in [6, 6.07) is 10.5. The molecule has 0 amide bonds. The maximum absolute atomic E-state index is 4.62. The van der Waals surface area contributed by atoms with Gasteiger partial charge in [0.1, 0.15) is 5.82 Å². The van der Waals surface area contributed by atoms with Crippen molar-refractivity contribution < 1.29 is 0 Å². The molecule has 100 valence electrons. The van der Waals surface area contributed by atoms with Gasteiger partial charge < -0.3 is 4.90 Å². The average Bonchev–Trinajstić information content (AvgIpc) is 3.18. The summed E-state index contributed by atoms with van der Waals surface area (Å²) in [5.41, 5.74) is 3.38. The van der Waals surface area contributed by atoms with Crippen LogP contribution in [0.25, 0.3) is 22.0 Å². The Labute approximate surface area is 117 Å². The molecule has 2 aromatic heterocycles. The van der Waals surface area contributed by atoms with E-state index in [4.69, 9.17) is 0 Å². The molecule has 0 bridgehead atoms. The highest BCUT2D eigenvalue weighted by Gasteiger charge is 2.13. The highest BCUT2D eigenvalue weighted by Crippen LogP contribution is 2.28. The Hall–Kier alpha value is -2.36. The fourth-order valence-electron chi connectivity index (χ4n) is 2.90. The molecule has 0 radical (unpaired) electrons. The Morgan fingerprint density at radius 1 is 1.00 bits per heavy atom. The monoisotopic (exact) mass is 264 g/mol. The number of anilines is 1. The highest BCUT2D eigenvalue weighted by molar-refractivity contribution is 5.94. The van der Waals surface area contributed by atoms with Crippen LogP contribution in [0.15, 0.2) is 42.7 Å². The topological polar surface area (TPSA) is 44.8 Å². The Kier molecular flexibility index (Phi) is 2.66. The van der Waals surface area contributed by atoms with Gasteiger partial charge in [0.25, 0.3) is 0 Å². The van der Waals surface area contributed by atoms with E-state index >= 15 is 0 Å². The Morgan fingerprint density at radius 2 is 1.90 bits per heavy atom. The standard InChI is InChI=1S/C16H16N4/c1-2-9-20(8-1)16-7-6-12(10-17-16)13-4-3-5-15-14(13)11-18-19-15/h3-7,10-11H,1-2,8-9H2,(H,18,19). The summed E-state index contributed by atoms with van der Waals surface area (Å²) in [5, 5.41) is 8.26. The van der Waals surface area contributed by atoms with Crippen molar-refractivity contribution in [1.82, 2.24) is 15.2 Å². The molecular weight excluding hydrogens is 248 g/mol. The minimum atomic E-state index is 1.06. The first-order chi connectivity index (χ1) is 9.92. The van der Waals surface area contributed by atoms with E-state index in [1.807, 2.05) is 24.5 Å². The van der Waals surface area contributed by atoms with Gasteiger partial charge in [-0.3, -0.25) is 5.10 Å². The molecule has 3 heterocycles. The summed E-state index contributed by atoms with van der Waals surface area (Å²) < 4.78 is 0. The van der Waals surface area contributed by atoms with E-state index < -0.39 is 0 Å².